The number of anilines is 1. The molecular formula is C16H19ClN2O4S. The van der Waals surface area contributed by atoms with Crippen molar-refractivity contribution >= 4 is 46.8 Å². The predicted octanol–water partition coefficient (Wildman–Crippen LogP) is 2.76. The highest BCUT2D eigenvalue weighted by atomic mass is 35.5. The number of rotatable bonds is 7. The van der Waals surface area contributed by atoms with Gasteiger partial charge in [0.25, 0.3) is 0 Å². The summed E-state index contributed by atoms with van der Waals surface area (Å²) in [6, 6.07) is 5.19. The molecule has 0 saturated heterocycles. The van der Waals surface area contributed by atoms with Crippen LogP contribution in [0.25, 0.3) is 0 Å². The van der Waals surface area contributed by atoms with Gasteiger partial charge >= 0.3 is 5.97 Å². The highest BCUT2D eigenvalue weighted by molar-refractivity contribution is 8.01. The van der Waals surface area contributed by atoms with Gasteiger partial charge in [0, 0.05) is 22.9 Å². The summed E-state index contributed by atoms with van der Waals surface area (Å²) >= 11 is 7.20. The third-order valence-electron chi connectivity index (χ3n) is 3.66. The number of hydrogen-bond acceptors (Lipinski definition) is 4. The first kappa shape index (κ1) is 18.6. The number of nitrogens with one attached hydrogen (secondary N) is 2. The van der Waals surface area contributed by atoms with Crippen LogP contribution < -0.4 is 10.6 Å². The van der Waals surface area contributed by atoms with Crippen LogP contribution >= 0.6 is 23.4 Å². The number of fused-ring (bicyclic) bond motifs is 1. The van der Waals surface area contributed by atoms with Crippen molar-refractivity contribution < 1.29 is 19.5 Å². The summed E-state index contributed by atoms with van der Waals surface area (Å²) < 4.78 is 0. The average molecular weight is 371 g/mol. The van der Waals surface area contributed by atoms with Gasteiger partial charge in [0.2, 0.25) is 11.8 Å². The Hall–Kier alpha value is -1.73. The number of aliphatic carboxylic acids is 1. The van der Waals surface area contributed by atoms with Gasteiger partial charge in [0.15, 0.2) is 0 Å². The van der Waals surface area contributed by atoms with Crippen LogP contribution in [0.5, 0.6) is 0 Å². The molecule has 2 atom stereocenters. The molecule has 3 N–H and O–H groups in total. The van der Waals surface area contributed by atoms with Gasteiger partial charge in [-0.2, -0.15) is 0 Å². The molecule has 2 rings (SSSR count). The maximum Gasteiger partial charge on any atom is 0.308 e. The smallest absolute Gasteiger partial charge is 0.308 e. The van der Waals surface area contributed by atoms with E-state index < -0.39 is 17.1 Å². The first-order chi connectivity index (χ1) is 11.4. The first-order valence-corrected chi connectivity index (χ1v) is 8.93. The summed E-state index contributed by atoms with van der Waals surface area (Å²) in [5.74, 6) is -2.11. The predicted molar refractivity (Wildman–Crippen MR) is 93.4 cm³/mol. The average Bonchev–Trinajstić information content (AvgIpc) is 2.52. The minimum absolute atomic E-state index is 0.00295. The standard InChI is InChI=1S/C16H19ClN2O4S/c1-2-3-9(16(22)23)8-18-14(20)7-13-15(21)19-11-6-10(17)4-5-12(11)24-13/h4-6,9,13H,2-3,7-8H2,1H3,(H,18,20)(H,19,21)(H,22,23). The fraction of sp³-hybridized carbons (Fsp3) is 0.438. The molecule has 0 radical (unpaired) electrons. The van der Waals surface area contributed by atoms with Gasteiger partial charge in [-0.25, -0.2) is 0 Å². The third-order valence-corrected chi connectivity index (χ3v) is 5.17. The van der Waals surface area contributed by atoms with Crippen molar-refractivity contribution in [1.82, 2.24) is 5.32 Å². The number of carbonyl (C=O) groups excluding carboxylic acids is 2. The van der Waals surface area contributed by atoms with E-state index in [4.69, 9.17) is 16.7 Å². The van der Waals surface area contributed by atoms with E-state index in [1.165, 1.54) is 11.8 Å². The molecule has 0 aromatic heterocycles. The molecule has 6 nitrogen and oxygen atoms in total. The van der Waals surface area contributed by atoms with E-state index in [1.54, 1.807) is 18.2 Å². The summed E-state index contributed by atoms with van der Waals surface area (Å²) in [5.41, 5.74) is 0.642. The summed E-state index contributed by atoms with van der Waals surface area (Å²) in [4.78, 5) is 36.1. The van der Waals surface area contributed by atoms with E-state index in [0.717, 1.165) is 11.3 Å². The Kier molecular flexibility index (Phi) is 6.51. The molecule has 1 aromatic carbocycles. The molecule has 1 aliphatic heterocycles. The molecule has 2 amide bonds. The maximum absolute atomic E-state index is 12.1. The largest absolute Gasteiger partial charge is 0.481 e. The number of amides is 2. The van der Waals surface area contributed by atoms with Crippen molar-refractivity contribution in [2.45, 2.75) is 36.3 Å². The number of benzene rings is 1. The Morgan fingerprint density at radius 2 is 2.21 bits per heavy atom. The van der Waals surface area contributed by atoms with Gasteiger partial charge in [-0.1, -0.05) is 24.9 Å². The van der Waals surface area contributed by atoms with Crippen LogP contribution in [0.1, 0.15) is 26.2 Å². The minimum Gasteiger partial charge on any atom is -0.481 e. The molecule has 130 valence electrons. The fourth-order valence-electron chi connectivity index (χ4n) is 2.40. The third kappa shape index (κ3) is 4.88. The van der Waals surface area contributed by atoms with Crippen molar-refractivity contribution in [2.75, 3.05) is 11.9 Å². The second-order valence-corrected chi connectivity index (χ2v) is 7.25. The number of hydrogen-bond donors (Lipinski definition) is 3. The van der Waals surface area contributed by atoms with Gasteiger partial charge in [-0.15, -0.1) is 11.8 Å². The molecule has 24 heavy (non-hydrogen) atoms. The molecule has 1 heterocycles. The molecule has 0 fully saturated rings. The second kappa shape index (κ2) is 8.39. The van der Waals surface area contributed by atoms with Crippen LogP contribution in [0.2, 0.25) is 5.02 Å². The lowest BCUT2D eigenvalue weighted by atomic mass is 10.0. The Morgan fingerprint density at radius 3 is 2.88 bits per heavy atom. The van der Waals surface area contributed by atoms with E-state index in [9.17, 15) is 14.4 Å². The SMILES string of the molecule is CCCC(CNC(=O)CC1Sc2ccc(Cl)cc2NC1=O)C(=O)O. The molecular weight excluding hydrogens is 352 g/mol. The Balaban J connectivity index is 1.91. The lowest BCUT2D eigenvalue weighted by Crippen LogP contribution is -2.37. The number of halogens is 1. The topological polar surface area (TPSA) is 95.5 Å². The zero-order valence-corrected chi connectivity index (χ0v) is 14.7. The Bertz CT molecular complexity index is 653. The number of carboxylic acids is 1. The van der Waals surface area contributed by atoms with E-state index in [0.29, 0.717) is 17.1 Å². The molecule has 1 aliphatic rings. The van der Waals surface area contributed by atoms with Gasteiger partial charge in [0.1, 0.15) is 0 Å². The van der Waals surface area contributed by atoms with Crippen molar-refractivity contribution in [3.05, 3.63) is 23.2 Å². The zero-order valence-electron chi connectivity index (χ0n) is 13.2. The van der Waals surface area contributed by atoms with Crippen LogP contribution in [0, 0.1) is 5.92 Å². The summed E-state index contributed by atoms with van der Waals surface area (Å²) in [5, 5.41) is 14.4. The van der Waals surface area contributed by atoms with Crippen molar-refractivity contribution in [2.24, 2.45) is 5.92 Å². The zero-order chi connectivity index (χ0) is 17.7. The molecule has 1 aromatic rings. The molecule has 0 aliphatic carbocycles. The van der Waals surface area contributed by atoms with E-state index >= 15 is 0 Å². The molecule has 0 bridgehead atoms. The summed E-state index contributed by atoms with van der Waals surface area (Å²) in [6.07, 6.45) is 1.23. The normalized spacial score (nSPS) is 17.6. The van der Waals surface area contributed by atoms with Crippen molar-refractivity contribution in [1.29, 1.82) is 0 Å². The Morgan fingerprint density at radius 1 is 1.46 bits per heavy atom. The van der Waals surface area contributed by atoms with Gasteiger partial charge in [0.05, 0.1) is 16.9 Å². The number of thioether (sulfide) groups is 1. The van der Waals surface area contributed by atoms with E-state index in [2.05, 4.69) is 10.6 Å². The Labute approximate surface area is 149 Å². The number of carboxylic acid groups (broad SMARTS) is 1. The lowest BCUT2D eigenvalue weighted by Gasteiger charge is -2.24. The van der Waals surface area contributed by atoms with Crippen molar-refractivity contribution in [3.63, 3.8) is 0 Å². The van der Waals surface area contributed by atoms with Crippen LogP contribution in [-0.4, -0.2) is 34.7 Å². The van der Waals surface area contributed by atoms with Crippen LogP contribution in [-0.2, 0) is 14.4 Å². The fourth-order valence-corrected chi connectivity index (χ4v) is 3.66. The van der Waals surface area contributed by atoms with Crippen LogP contribution in [0.15, 0.2) is 23.1 Å². The molecule has 0 spiro atoms. The quantitative estimate of drug-likeness (QED) is 0.686. The van der Waals surface area contributed by atoms with Gasteiger partial charge < -0.3 is 15.7 Å². The highest BCUT2D eigenvalue weighted by Crippen LogP contribution is 2.38. The molecule has 0 saturated carbocycles. The highest BCUT2D eigenvalue weighted by Gasteiger charge is 2.29. The van der Waals surface area contributed by atoms with Crippen LogP contribution in [0.4, 0.5) is 5.69 Å². The minimum atomic E-state index is -0.923. The second-order valence-electron chi connectivity index (χ2n) is 5.57. The van der Waals surface area contributed by atoms with Gasteiger partial charge in [-0.3, -0.25) is 14.4 Å². The molecule has 2 unspecified atom stereocenters. The van der Waals surface area contributed by atoms with E-state index in [1.807, 2.05) is 6.92 Å². The monoisotopic (exact) mass is 370 g/mol. The first-order valence-electron chi connectivity index (χ1n) is 7.67. The summed E-state index contributed by atoms with van der Waals surface area (Å²) in [6.45, 7) is 1.97. The lowest BCUT2D eigenvalue weighted by molar-refractivity contribution is -0.142. The maximum atomic E-state index is 12.1. The van der Waals surface area contributed by atoms with Crippen LogP contribution in [0.3, 0.4) is 0 Å². The summed E-state index contributed by atoms with van der Waals surface area (Å²) in [7, 11) is 0. The van der Waals surface area contributed by atoms with Crippen molar-refractivity contribution in [3.8, 4) is 0 Å². The van der Waals surface area contributed by atoms with Gasteiger partial charge in [-0.05, 0) is 24.6 Å². The molecule has 8 heteroatoms. The van der Waals surface area contributed by atoms with E-state index in [-0.39, 0.29) is 24.8 Å². The number of carbonyl (C=O) groups is 3.